The number of halogens is 2. The largest absolute Gasteiger partial charge is 0.490 e. The normalized spacial score (nSPS) is 18.4. The molecule has 1 heterocycles. The number of hydrogen-bond acceptors (Lipinski definition) is 4. The third kappa shape index (κ3) is 5.16. The fourth-order valence-electron chi connectivity index (χ4n) is 1.92. The summed E-state index contributed by atoms with van der Waals surface area (Å²) >= 11 is 5.80. The molecule has 1 N–H and O–H groups in total. The zero-order chi connectivity index (χ0) is 13.9. The number of rotatable bonds is 4. The van der Waals surface area contributed by atoms with Crippen molar-refractivity contribution in [2.24, 2.45) is 0 Å². The van der Waals surface area contributed by atoms with Gasteiger partial charge in [-0.15, -0.1) is 4.83 Å². The van der Waals surface area contributed by atoms with Crippen LogP contribution in [0, 0.1) is 0 Å². The molecule has 0 unspecified atom stereocenters. The molecule has 0 saturated carbocycles. The Bertz CT molecular complexity index is 513. The minimum Gasteiger partial charge on any atom is -0.490 e. The maximum Gasteiger partial charge on any atom is 0.310 e. The number of hydrogen-bond donors (Lipinski definition) is 1. The lowest BCUT2D eigenvalue weighted by atomic mass is 10.1. The molecule has 1 saturated heterocycles. The van der Waals surface area contributed by atoms with Crippen molar-refractivity contribution in [2.75, 3.05) is 13.1 Å². The zero-order valence-corrected chi connectivity index (χ0v) is 12.4. The molecule has 1 aromatic carbocycles. The van der Waals surface area contributed by atoms with E-state index in [2.05, 4.69) is 4.83 Å². The van der Waals surface area contributed by atoms with E-state index in [9.17, 15) is 8.42 Å². The predicted molar refractivity (Wildman–Crippen MR) is 74.6 cm³/mol. The van der Waals surface area contributed by atoms with Crippen molar-refractivity contribution in [3.8, 4) is 5.75 Å². The van der Waals surface area contributed by atoms with E-state index in [0.29, 0.717) is 18.1 Å². The summed E-state index contributed by atoms with van der Waals surface area (Å²) in [6, 6.07) is 7.17. The van der Waals surface area contributed by atoms with Crippen LogP contribution >= 0.6 is 22.3 Å². The van der Waals surface area contributed by atoms with E-state index < -0.39 is 9.24 Å². The predicted octanol–water partition coefficient (Wildman–Crippen LogP) is 2.17. The lowest BCUT2D eigenvalue weighted by Gasteiger charge is -2.31. The summed E-state index contributed by atoms with van der Waals surface area (Å²) in [5.74, 6) is 0.765. The van der Waals surface area contributed by atoms with Crippen molar-refractivity contribution < 1.29 is 13.2 Å². The SMILES string of the molecule is O=S(=O)(Cl)NN1CCC(Oc2ccc(Cl)cc2)CC1. The average Bonchev–Trinajstić information content (AvgIpc) is 2.33. The van der Waals surface area contributed by atoms with Gasteiger partial charge in [-0.3, -0.25) is 0 Å². The molecule has 0 spiro atoms. The van der Waals surface area contributed by atoms with Crippen LogP contribution in [0.5, 0.6) is 5.75 Å². The average molecular weight is 325 g/mol. The van der Waals surface area contributed by atoms with Gasteiger partial charge >= 0.3 is 9.24 Å². The molecule has 1 aromatic rings. The molecular weight excluding hydrogens is 311 g/mol. The van der Waals surface area contributed by atoms with Gasteiger partial charge in [-0.2, -0.15) is 8.42 Å². The molecule has 0 bridgehead atoms. The monoisotopic (exact) mass is 324 g/mol. The number of hydrazine groups is 1. The molecule has 0 atom stereocenters. The summed E-state index contributed by atoms with van der Waals surface area (Å²) in [6.45, 7) is 1.12. The highest BCUT2D eigenvalue weighted by molar-refractivity contribution is 8.12. The lowest BCUT2D eigenvalue weighted by molar-refractivity contribution is 0.0894. The Morgan fingerprint density at radius 2 is 1.79 bits per heavy atom. The maximum atomic E-state index is 10.9. The summed E-state index contributed by atoms with van der Waals surface area (Å²) in [5.41, 5.74) is 0. The van der Waals surface area contributed by atoms with E-state index in [1.54, 1.807) is 17.1 Å². The molecule has 5 nitrogen and oxygen atoms in total. The van der Waals surface area contributed by atoms with Crippen LogP contribution in [0.3, 0.4) is 0 Å². The highest BCUT2D eigenvalue weighted by Crippen LogP contribution is 2.20. The van der Waals surface area contributed by atoms with E-state index in [1.165, 1.54) is 0 Å². The van der Waals surface area contributed by atoms with Crippen molar-refractivity contribution in [1.29, 1.82) is 0 Å². The first-order valence-electron chi connectivity index (χ1n) is 5.81. The summed E-state index contributed by atoms with van der Waals surface area (Å²) in [6.07, 6.45) is 1.52. The minimum atomic E-state index is -3.71. The van der Waals surface area contributed by atoms with Crippen LogP contribution in [0.2, 0.25) is 5.02 Å². The molecule has 2 rings (SSSR count). The van der Waals surface area contributed by atoms with E-state index in [-0.39, 0.29) is 6.10 Å². The van der Waals surface area contributed by atoms with Crippen molar-refractivity contribution in [3.63, 3.8) is 0 Å². The Morgan fingerprint density at radius 1 is 1.21 bits per heavy atom. The first-order chi connectivity index (χ1) is 8.92. The molecule has 106 valence electrons. The summed E-state index contributed by atoms with van der Waals surface area (Å²) in [7, 11) is 1.41. The molecule has 1 fully saturated rings. The third-order valence-corrected chi connectivity index (χ3v) is 3.73. The molecular formula is C11H14Cl2N2O3S. The second-order valence-corrected chi connectivity index (χ2v) is 7.00. The van der Waals surface area contributed by atoms with Gasteiger partial charge in [0.25, 0.3) is 0 Å². The van der Waals surface area contributed by atoms with Crippen LogP contribution in [0.15, 0.2) is 24.3 Å². The molecule has 19 heavy (non-hydrogen) atoms. The molecule has 1 aliphatic heterocycles. The lowest BCUT2D eigenvalue weighted by Crippen LogP contribution is -2.47. The second kappa shape index (κ2) is 6.28. The van der Waals surface area contributed by atoms with E-state index in [4.69, 9.17) is 27.0 Å². The van der Waals surface area contributed by atoms with Gasteiger partial charge < -0.3 is 4.74 Å². The van der Waals surface area contributed by atoms with Gasteiger partial charge in [-0.05, 0) is 37.1 Å². The number of benzene rings is 1. The van der Waals surface area contributed by atoms with Crippen LogP contribution in [0.4, 0.5) is 0 Å². The maximum absolute atomic E-state index is 10.9. The summed E-state index contributed by atoms with van der Waals surface area (Å²) in [4.78, 5) is 2.25. The van der Waals surface area contributed by atoms with Crippen molar-refractivity contribution in [3.05, 3.63) is 29.3 Å². The van der Waals surface area contributed by atoms with E-state index >= 15 is 0 Å². The van der Waals surface area contributed by atoms with Crippen LogP contribution in [-0.4, -0.2) is 32.6 Å². The van der Waals surface area contributed by atoms with Gasteiger partial charge in [-0.1, -0.05) is 11.6 Å². The molecule has 1 aliphatic rings. The quantitative estimate of drug-likeness (QED) is 0.862. The topological polar surface area (TPSA) is 58.6 Å². The number of piperidine rings is 1. The van der Waals surface area contributed by atoms with Crippen LogP contribution < -0.4 is 9.57 Å². The zero-order valence-electron chi connectivity index (χ0n) is 10.1. The van der Waals surface area contributed by atoms with Gasteiger partial charge in [0.15, 0.2) is 0 Å². The first-order valence-corrected chi connectivity index (χ1v) is 8.50. The standard InChI is InChI=1S/C11H14Cl2N2O3S/c12-9-1-3-10(4-2-9)18-11-5-7-15(8-6-11)14-19(13,16)17/h1-4,11,14H,5-8H2. The van der Waals surface area contributed by atoms with E-state index in [1.807, 2.05) is 12.1 Å². The fraction of sp³-hybridized carbons (Fsp3) is 0.455. The fourth-order valence-corrected chi connectivity index (χ4v) is 2.83. The van der Waals surface area contributed by atoms with Gasteiger partial charge in [0, 0.05) is 28.8 Å². The Balaban J connectivity index is 1.82. The Hall–Kier alpha value is -0.530. The molecule has 8 heteroatoms. The number of nitrogens with zero attached hydrogens (tertiary/aromatic N) is 1. The smallest absolute Gasteiger partial charge is 0.310 e. The highest BCUT2D eigenvalue weighted by atomic mass is 35.7. The summed E-state index contributed by atoms with van der Waals surface area (Å²) < 4.78 is 27.5. The van der Waals surface area contributed by atoms with Crippen molar-refractivity contribution >= 4 is 31.5 Å². The molecule has 0 aromatic heterocycles. The first kappa shape index (κ1) is 14.9. The molecule has 0 radical (unpaired) electrons. The number of ether oxygens (including phenoxy) is 1. The molecule has 0 amide bonds. The van der Waals surface area contributed by atoms with Crippen molar-refractivity contribution in [2.45, 2.75) is 18.9 Å². The third-order valence-electron chi connectivity index (χ3n) is 2.80. The van der Waals surface area contributed by atoms with Crippen molar-refractivity contribution in [1.82, 2.24) is 9.84 Å². The van der Waals surface area contributed by atoms with Crippen LogP contribution in [0.25, 0.3) is 0 Å². The van der Waals surface area contributed by atoms with Gasteiger partial charge in [0.05, 0.1) is 0 Å². The Kier molecular flexibility index (Phi) is 4.92. The van der Waals surface area contributed by atoms with Crippen LogP contribution in [-0.2, 0) is 9.24 Å². The minimum absolute atomic E-state index is 0.0669. The van der Waals surface area contributed by atoms with Gasteiger partial charge in [-0.25, -0.2) is 5.01 Å². The van der Waals surface area contributed by atoms with Crippen LogP contribution in [0.1, 0.15) is 12.8 Å². The Labute approximate surface area is 122 Å². The number of nitrogens with one attached hydrogen (secondary N) is 1. The molecule has 0 aliphatic carbocycles. The Morgan fingerprint density at radius 3 is 2.32 bits per heavy atom. The highest BCUT2D eigenvalue weighted by Gasteiger charge is 2.22. The summed E-state index contributed by atoms with van der Waals surface area (Å²) in [5, 5.41) is 2.24. The van der Waals surface area contributed by atoms with Gasteiger partial charge in [0.2, 0.25) is 0 Å². The van der Waals surface area contributed by atoms with Gasteiger partial charge in [0.1, 0.15) is 11.9 Å². The van der Waals surface area contributed by atoms with E-state index in [0.717, 1.165) is 18.6 Å². The second-order valence-electron chi connectivity index (χ2n) is 4.29.